The van der Waals surface area contributed by atoms with Crippen LogP contribution in [-0.2, 0) is 0 Å². The first kappa shape index (κ1) is 18.4. The lowest BCUT2D eigenvalue weighted by Crippen LogP contribution is -2.08. The fraction of sp³-hybridized carbons (Fsp3) is 0.0870. The van der Waals surface area contributed by atoms with E-state index in [0.717, 1.165) is 27.7 Å². The highest BCUT2D eigenvalue weighted by Crippen LogP contribution is 2.31. The van der Waals surface area contributed by atoms with Gasteiger partial charge in [-0.05, 0) is 30.3 Å². The molecule has 3 aromatic carbocycles. The van der Waals surface area contributed by atoms with E-state index in [1.807, 2.05) is 61.5 Å². The number of carbonyl (C=O) groups is 1. The molecule has 0 aliphatic heterocycles. The summed E-state index contributed by atoms with van der Waals surface area (Å²) in [6.45, 7) is 0. The highest BCUT2D eigenvalue weighted by Gasteiger charge is 2.12. The predicted molar refractivity (Wildman–Crippen MR) is 116 cm³/mol. The maximum Gasteiger partial charge on any atom is 0.335 e. The second-order valence-corrected chi connectivity index (χ2v) is 6.90. The molecule has 0 saturated heterocycles. The summed E-state index contributed by atoms with van der Waals surface area (Å²) >= 11 is 0. The minimum atomic E-state index is -0.952. The molecule has 4 aromatic rings. The first-order valence-electron chi connectivity index (χ1n) is 9.16. The Morgan fingerprint density at radius 2 is 1.62 bits per heavy atom. The van der Waals surface area contributed by atoms with Gasteiger partial charge in [-0.3, -0.25) is 0 Å². The number of fused-ring (bicyclic) bond motifs is 1. The van der Waals surface area contributed by atoms with Crippen LogP contribution in [0.2, 0.25) is 0 Å². The third kappa shape index (κ3) is 3.73. The van der Waals surface area contributed by atoms with Crippen LogP contribution in [0.15, 0.2) is 72.8 Å². The summed E-state index contributed by atoms with van der Waals surface area (Å²) in [5, 5.41) is 23.2. The van der Waals surface area contributed by atoms with E-state index < -0.39 is 5.97 Å². The van der Waals surface area contributed by atoms with E-state index in [0.29, 0.717) is 11.5 Å². The molecule has 0 amide bonds. The van der Waals surface area contributed by atoms with Gasteiger partial charge >= 0.3 is 5.97 Å². The molecule has 0 radical (unpaired) electrons. The topological polar surface area (TPSA) is 78.3 Å². The molecule has 29 heavy (non-hydrogen) atoms. The monoisotopic (exact) mass is 384 g/mol. The zero-order valence-electron chi connectivity index (χ0n) is 16.1. The number of aromatic carboxylic acids is 1. The van der Waals surface area contributed by atoms with Gasteiger partial charge in [-0.2, -0.15) is 0 Å². The molecule has 0 atom stereocenters. The molecular weight excluding hydrogens is 364 g/mol. The lowest BCUT2D eigenvalue weighted by molar-refractivity contribution is 0.0697. The predicted octanol–water partition coefficient (Wildman–Crippen LogP) is 4.80. The maximum absolute atomic E-state index is 11.1. The van der Waals surface area contributed by atoms with Crippen molar-refractivity contribution in [2.75, 3.05) is 24.3 Å². The van der Waals surface area contributed by atoms with E-state index in [2.05, 4.69) is 21.6 Å². The number of benzene rings is 3. The van der Waals surface area contributed by atoms with Gasteiger partial charge in [0.05, 0.1) is 5.56 Å². The Morgan fingerprint density at radius 3 is 2.31 bits per heavy atom. The van der Waals surface area contributed by atoms with Crippen molar-refractivity contribution >= 4 is 33.9 Å². The van der Waals surface area contributed by atoms with Gasteiger partial charge in [0.1, 0.15) is 5.69 Å². The minimum Gasteiger partial charge on any atom is -0.478 e. The van der Waals surface area contributed by atoms with Crippen LogP contribution in [0.5, 0.6) is 0 Å². The molecule has 1 aromatic heterocycles. The van der Waals surface area contributed by atoms with Gasteiger partial charge in [0.15, 0.2) is 5.82 Å². The van der Waals surface area contributed by atoms with E-state index in [-0.39, 0.29) is 5.56 Å². The largest absolute Gasteiger partial charge is 0.478 e. The number of carboxylic acids is 1. The van der Waals surface area contributed by atoms with E-state index in [1.165, 1.54) is 0 Å². The number of aromatic nitrogens is 2. The normalized spacial score (nSPS) is 10.7. The molecule has 0 bridgehead atoms. The van der Waals surface area contributed by atoms with Crippen molar-refractivity contribution in [1.29, 1.82) is 0 Å². The summed E-state index contributed by atoms with van der Waals surface area (Å²) in [6, 6.07) is 22.6. The molecular formula is C23H20N4O2. The summed E-state index contributed by atoms with van der Waals surface area (Å²) < 4.78 is 0. The van der Waals surface area contributed by atoms with Gasteiger partial charge in [0, 0.05) is 41.8 Å². The van der Waals surface area contributed by atoms with Crippen molar-refractivity contribution in [3.05, 3.63) is 78.4 Å². The lowest BCUT2D eigenvalue weighted by atomic mass is 10.0. The van der Waals surface area contributed by atoms with Gasteiger partial charge in [-0.15, -0.1) is 10.2 Å². The standard InChI is InChI=1S/C23H20N4O2/c1-27(2)18-7-5-6-17(14-18)24-22-20-9-4-3-8-19(20)21(25-26-22)15-10-12-16(13-11-15)23(28)29/h3-14H,1-2H3,(H,24,26)(H,28,29). The number of anilines is 3. The molecule has 2 N–H and O–H groups in total. The fourth-order valence-electron chi connectivity index (χ4n) is 3.18. The van der Waals surface area contributed by atoms with E-state index >= 15 is 0 Å². The number of hydrogen-bond donors (Lipinski definition) is 2. The van der Waals surface area contributed by atoms with E-state index in [1.54, 1.807) is 24.3 Å². The molecule has 0 aliphatic rings. The van der Waals surface area contributed by atoms with Gasteiger partial charge < -0.3 is 15.3 Å². The average molecular weight is 384 g/mol. The molecule has 0 spiro atoms. The van der Waals surface area contributed by atoms with Crippen molar-refractivity contribution in [1.82, 2.24) is 10.2 Å². The first-order valence-corrected chi connectivity index (χ1v) is 9.16. The minimum absolute atomic E-state index is 0.241. The summed E-state index contributed by atoms with van der Waals surface area (Å²) in [5.41, 5.74) is 3.78. The summed E-state index contributed by atoms with van der Waals surface area (Å²) in [4.78, 5) is 13.1. The molecule has 6 nitrogen and oxygen atoms in total. The third-order valence-electron chi connectivity index (χ3n) is 4.72. The summed E-state index contributed by atoms with van der Waals surface area (Å²) in [7, 11) is 4.00. The second kappa shape index (κ2) is 7.59. The van der Waals surface area contributed by atoms with Crippen molar-refractivity contribution in [3.63, 3.8) is 0 Å². The Kier molecular flexibility index (Phi) is 4.83. The molecule has 1 heterocycles. The highest BCUT2D eigenvalue weighted by molar-refractivity contribution is 6.01. The van der Waals surface area contributed by atoms with Crippen molar-refractivity contribution < 1.29 is 9.90 Å². The quantitative estimate of drug-likeness (QED) is 0.514. The third-order valence-corrected chi connectivity index (χ3v) is 4.72. The van der Waals surface area contributed by atoms with Gasteiger partial charge in [0.25, 0.3) is 0 Å². The zero-order valence-corrected chi connectivity index (χ0v) is 16.1. The molecule has 0 unspecified atom stereocenters. The van der Waals surface area contributed by atoms with Crippen LogP contribution in [0.25, 0.3) is 22.0 Å². The van der Waals surface area contributed by atoms with Crippen LogP contribution in [0.3, 0.4) is 0 Å². The smallest absolute Gasteiger partial charge is 0.335 e. The SMILES string of the molecule is CN(C)c1cccc(Nc2nnc(-c3ccc(C(=O)O)cc3)c3ccccc23)c1. The number of rotatable bonds is 5. The van der Waals surface area contributed by atoms with Crippen LogP contribution < -0.4 is 10.2 Å². The second-order valence-electron chi connectivity index (χ2n) is 6.90. The van der Waals surface area contributed by atoms with Crippen LogP contribution >= 0.6 is 0 Å². The van der Waals surface area contributed by atoms with E-state index in [4.69, 9.17) is 5.11 Å². The fourth-order valence-corrected chi connectivity index (χ4v) is 3.18. The van der Waals surface area contributed by atoms with Crippen LogP contribution in [0.1, 0.15) is 10.4 Å². The summed E-state index contributed by atoms with van der Waals surface area (Å²) in [5.74, 6) is -0.283. The Labute approximate surface area is 168 Å². The van der Waals surface area contributed by atoms with Crippen LogP contribution in [0.4, 0.5) is 17.2 Å². The summed E-state index contributed by atoms with van der Waals surface area (Å²) in [6.07, 6.45) is 0. The number of nitrogens with zero attached hydrogens (tertiary/aromatic N) is 3. The number of nitrogens with one attached hydrogen (secondary N) is 1. The molecule has 144 valence electrons. The first-order chi connectivity index (χ1) is 14.0. The van der Waals surface area contributed by atoms with E-state index in [9.17, 15) is 4.79 Å². The van der Waals surface area contributed by atoms with Crippen molar-refractivity contribution in [3.8, 4) is 11.3 Å². The Bertz CT molecular complexity index is 1190. The lowest BCUT2D eigenvalue weighted by Gasteiger charge is -2.15. The Morgan fingerprint density at radius 1 is 0.897 bits per heavy atom. The van der Waals surface area contributed by atoms with Crippen LogP contribution in [-0.4, -0.2) is 35.4 Å². The number of hydrogen-bond acceptors (Lipinski definition) is 5. The Balaban J connectivity index is 1.76. The molecule has 0 saturated carbocycles. The van der Waals surface area contributed by atoms with Gasteiger partial charge in [-0.1, -0.05) is 42.5 Å². The highest BCUT2D eigenvalue weighted by atomic mass is 16.4. The van der Waals surface area contributed by atoms with Crippen molar-refractivity contribution in [2.45, 2.75) is 0 Å². The van der Waals surface area contributed by atoms with Crippen LogP contribution in [0, 0.1) is 0 Å². The molecule has 0 fully saturated rings. The number of carboxylic acid groups (broad SMARTS) is 1. The van der Waals surface area contributed by atoms with Gasteiger partial charge in [0.2, 0.25) is 0 Å². The Hall–Kier alpha value is -3.93. The average Bonchev–Trinajstić information content (AvgIpc) is 2.74. The van der Waals surface area contributed by atoms with Crippen molar-refractivity contribution in [2.24, 2.45) is 0 Å². The molecule has 0 aliphatic carbocycles. The zero-order chi connectivity index (χ0) is 20.4. The van der Waals surface area contributed by atoms with Gasteiger partial charge in [-0.25, -0.2) is 4.79 Å². The molecule has 4 rings (SSSR count). The molecule has 6 heteroatoms. The maximum atomic E-state index is 11.1.